The van der Waals surface area contributed by atoms with E-state index in [1.54, 1.807) is 6.20 Å². The summed E-state index contributed by atoms with van der Waals surface area (Å²) in [5.41, 5.74) is 8.17. The highest BCUT2D eigenvalue weighted by Gasteiger charge is 2.36. The van der Waals surface area contributed by atoms with Crippen LogP contribution in [-0.4, -0.2) is 75.3 Å². The van der Waals surface area contributed by atoms with E-state index < -0.39 is 29.9 Å². The number of carboxylic acids is 1. The van der Waals surface area contributed by atoms with Crippen molar-refractivity contribution in [2.45, 2.75) is 37.8 Å². The number of anilines is 1. The van der Waals surface area contributed by atoms with Gasteiger partial charge in [-0.25, -0.2) is 4.98 Å². The number of hydrogen-bond donors (Lipinski definition) is 3. The number of aromatic nitrogens is 2. The SMILES string of the molecule is Cc1ccc2nccc(N3CCC(O)(CN(C)C(=O)[C@@H](N)CC(=O)O)CC3)c2n1. The lowest BCUT2D eigenvalue weighted by Crippen LogP contribution is -2.53. The van der Waals surface area contributed by atoms with Gasteiger partial charge in [0.25, 0.3) is 0 Å². The number of nitrogens with two attached hydrogens (primary N) is 1. The molecular formula is C20H27N5O4. The molecule has 3 heterocycles. The van der Waals surface area contributed by atoms with E-state index in [1.165, 1.54) is 11.9 Å². The van der Waals surface area contributed by atoms with Gasteiger partial charge in [0.15, 0.2) is 0 Å². The molecule has 0 aromatic carbocycles. The van der Waals surface area contributed by atoms with Gasteiger partial charge in [-0.3, -0.25) is 14.6 Å². The highest BCUT2D eigenvalue weighted by atomic mass is 16.4. The maximum Gasteiger partial charge on any atom is 0.305 e. The van der Waals surface area contributed by atoms with Crippen LogP contribution in [0.5, 0.6) is 0 Å². The van der Waals surface area contributed by atoms with Gasteiger partial charge < -0.3 is 25.7 Å². The molecule has 1 saturated heterocycles. The number of carboxylic acid groups (broad SMARTS) is 1. The van der Waals surface area contributed by atoms with Crippen molar-refractivity contribution in [1.82, 2.24) is 14.9 Å². The zero-order valence-corrected chi connectivity index (χ0v) is 16.7. The summed E-state index contributed by atoms with van der Waals surface area (Å²) in [6.07, 6.45) is 2.26. The Bertz CT molecular complexity index is 911. The number of aryl methyl sites for hydroxylation is 1. The molecule has 0 spiro atoms. The molecule has 3 rings (SSSR count). The summed E-state index contributed by atoms with van der Waals surface area (Å²) in [4.78, 5) is 35.5. The van der Waals surface area contributed by atoms with Crippen molar-refractivity contribution in [3.8, 4) is 0 Å². The third-order valence-electron chi connectivity index (χ3n) is 5.36. The van der Waals surface area contributed by atoms with E-state index in [-0.39, 0.29) is 6.54 Å². The zero-order valence-electron chi connectivity index (χ0n) is 16.7. The van der Waals surface area contributed by atoms with E-state index >= 15 is 0 Å². The Morgan fingerprint density at radius 3 is 2.66 bits per heavy atom. The molecule has 0 saturated carbocycles. The van der Waals surface area contributed by atoms with Crippen LogP contribution < -0.4 is 10.6 Å². The second-order valence-corrected chi connectivity index (χ2v) is 7.76. The minimum atomic E-state index is -1.13. The Labute approximate surface area is 169 Å². The summed E-state index contributed by atoms with van der Waals surface area (Å²) in [5, 5.41) is 19.8. The fraction of sp³-hybridized carbons (Fsp3) is 0.500. The standard InChI is InChI=1S/C20H27N5O4/c1-13-3-4-15-18(23-13)16(5-8-22-15)25-9-6-20(29,7-10-25)12-24(2)19(28)14(21)11-17(26)27/h3-5,8,14,29H,6-7,9-12,21H2,1-2H3,(H,26,27)/t14-/m0/s1. The summed E-state index contributed by atoms with van der Waals surface area (Å²) in [6, 6.07) is 4.69. The average molecular weight is 401 g/mol. The van der Waals surface area contributed by atoms with E-state index in [0.29, 0.717) is 25.9 Å². The van der Waals surface area contributed by atoms with Crippen molar-refractivity contribution in [3.63, 3.8) is 0 Å². The lowest BCUT2D eigenvalue weighted by Gasteiger charge is -2.41. The van der Waals surface area contributed by atoms with E-state index in [4.69, 9.17) is 10.8 Å². The molecule has 1 atom stereocenters. The second-order valence-electron chi connectivity index (χ2n) is 7.76. The van der Waals surface area contributed by atoms with Gasteiger partial charge in [0.05, 0.1) is 29.3 Å². The molecule has 0 radical (unpaired) electrons. The summed E-state index contributed by atoms with van der Waals surface area (Å²) in [5.74, 6) is -1.61. The Morgan fingerprint density at radius 2 is 2.00 bits per heavy atom. The number of aliphatic carboxylic acids is 1. The Balaban J connectivity index is 1.66. The number of likely N-dealkylation sites (N-methyl/N-ethyl adjacent to an activating group) is 1. The molecule has 2 aromatic heterocycles. The zero-order chi connectivity index (χ0) is 21.2. The van der Waals surface area contributed by atoms with E-state index in [9.17, 15) is 14.7 Å². The van der Waals surface area contributed by atoms with E-state index in [1.807, 2.05) is 25.1 Å². The van der Waals surface area contributed by atoms with Crippen LogP contribution >= 0.6 is 0 Å². The van der Waals surface area contributed by atoms with Crippen LogP contribution in [0, 0.1) is 6.92 Å². The topological polar surface area (TPSA) is 133 Å². The molecule has 1 aliphatic rings. The summed E-state index contributed by atoms with van der Waals surface area (Å²) in [7, 11) is 1.54. The van der Waals surface area contributed by atoms with Crippen molar-refractivity contribution >= 4 is 28.6 Å². The van der Waals surface area contributed by atoms with Crippen LogP contribution in [0.3, 0.4) is 0 Å². The summed E-state index contributed by atoms with van der Waals surface area (Å²) in [6.45, 7) is 3.26. The molecular weight excluding hydrogens is 374 g/mol. The highest BCUT2D eigenvalue weighted by Crippen LogP contribution is 2.30. The van der Waals surface area contributed by atoms with E-state index in [0.717, 1.165) is 22.4 Å². The molecule has 1 aliphatic heterocycles. The van der Waals surface area contributed by atoms with Gasteiger partial charge in [0, 0.05) is 38.6 Å². The number of pyridine rings is 2. The smallest absolute Gasteiger partial charge is 0.305 e. The quantitative estimate of drug-likeness (QED) is 0.638. The highest BCUT2D eigenvalue weighted by molar-refractivity contribution is 5.88. The monoisotopic (exact) mass is 401 g/mol. The average Bonchev–Trinajstić information content (AvgIpc) is 2.66. The minimum Gasteiger partial charge on any atom is -0.481 e. The first-order valence-corrected chi connectivity index (χ1v) is 9.60. The molecule has 0 aliphatic carbocycles. The van der Waals surface area contributed by atoms with Gasteiger partial charge in [0.2, 0.25) is 5.91 Å². The van der Waals surface area contributed by atoms with Crippen LogP contribution in [0.15, 0.2) is 24.4 Å². The van der Waals surface area contributed by atoms with Crippen LogP contribution in [0.25, 0.3) is 11.0 Å². The van der Waals surface area contributed by atoms with Crippen molar-refractivity contribution in [2.24, 2.45) is 5.73 Å². The van der Waals surface area contributed by atoms with Gasteiger partial charge in [0.1, 0.15) is 5.52 Å². The number of rotatable bonds is 6. The third-order valence-corrected chi connectivity index (χ3v) is 5.36. The first-order valence-electron chi connectivity index (χ1n) is 9.60. The molecule has 1 fully saturated rings. The molecule has 4 N–H and O–H groups in total. The maximum absolute atomic E-state index is 12.3. The Hall–Kier alpha value is -2.78. The Kier molecular flexibility index (Phi) is 5.99. The fourth-order valence-corrected chi connectivity index (χ4v) is 3.76. The first kappa shape index (κ1) is 20.9. The van der Waals surface area contributed by atoms with Crippen LogP contribution in [-0.2, 0) is 9.59 Å². The van der Waals surface area contributed by atoms with Gasteiger partial charge in [-0.15, -0.1) is 0 Å². The van der Waals surface area contributed by atoms with Crippen LogP contribution in [0.2, 0.25) is 0 Å². The number of amides is 1. The van der Waals surface area contributed by atoms with Gasteiger partial charge in [-0.05, 0) is 38.0 Å². The fourth-order valence-electron chi connectivity index (χ4n) is 3.76. The third kappa shape index (κ3) is 4.80. The van der Waals surface area contributed by atoms with Crippen LogP contribution in [0.4, 0.5) is 5.69 Å². The predicted octanol–water partition coefficient (Wildman–Crippen LogP) is 0.530. The normalized spacial score (nSPS) is 17.2. The number of carbonyl (C=O) groups excluding carboxylic acids is 1. The molecule has 0 unspecified atom stereocenters. The van der Waals surface area contributed by atoms with Gasteiger partial charge in [-0.1, -0.05) is 0 Å². The first-order chi connectivity index (χ1) is 13.7. The predicted molar refractivity (Wildman–Crippen MR) is 109 cm³/mol. The number of hydrogen-bond acceptors (Lipinski definition) is 7. The van der Waals surface area contributed by atoms with Crippen molar-refractivity contribution in [2.75, 3.05) is 31.6 Å². The summed E-state index contributed by atoms with van der Waals surface area (Å²) >= 11 is 0. The number of carbonyl (C=O) groups is 2. The van der Waals surface area contributed by atoms with Crippen molar-refractivity contribution in [3.05, 3.63) is 30.1 Å². The summed E-state index contributed by atoms with van der Waals surface area (Å²) < 4.78 is 0. The molecule has 2 aromatic rings. The number of fused-ring (bicyclic) bond motifs is 1. The van der Waals surface area contributed by atoms with Gasteiger partial charge in [-0.2, -0.15) is 0 Å². The van der Waals surface area contributed by atoms with Crippen LogP contribution in [0.1, 0.15) is 25.0 Å². The molecule has 0 bridgehead atoms. The maximum atomic E-state index is 12.3. The van der Waals surface area contributed by atoms with E-state index in [2.05, 4.69) is 14.9 Å². The molecule has 156 valence electrons. The molecule has 9 nitrogen and oxygen atoms in total. The van der Waals surface area contributed by atoms with Gasteiger partial charge >= 0.3 is 5.97 Å². The lowest BCUT2D eigenvalue weighted by molar-refractivity contribution is -0.142. The van der Waals surface area contributed by atoms with Crippen molar-refractivity contribution < 1.29 is 19.8 Å². The van der Waals surface area contributed by atoms with Crippen molar-refractivity contribution in [1.29, 1.82) is 0 Å². The molecule has 29 heavy (non-hydrogen) atoms. The largest absolute Gasteiger partial charge is 0.481 e. The Morgan fingerprint density at radius 1 is 1.31 bits per heavy atom. The number of piperidine rings is 1. The minimum absolute atomic E-state index is 0.113. The number of aliphatic hydroxyl groups is 1. The molecule has 9 heteroatoms. The lowest BCUT2D eigenvalue weighted by atomic mass is 9.90. The second kappa shape index (κ2) is 8.30. The molecule has 1 amide bonds. The number of nitrogens with zero attached hydrogens (tertiary/aromatic N) is 4.